The lowest BCUT2D eigenvalue weighted by atomic mass is 10.2. The fraction of sp³-hybridized carbons (Fsp3) is 0.0435. The van der Waals surface area contributed by atoms with Gasteiger partial charge in [-0.25, -0.2) is 10.2 Å². The Morgan fingerprint density at radius 1 is 0.818 bits per heavy atom. The average Bonchev–Trinajstić information content (AvgIpc) is 2.80. The van der Waals surface area contributed by atoms with Crippen LogP contribution in [0.25, 0.3) is 0 Å². The highest BCUT2D eigenvalue weighted by Gasteiger charge is 2.30. The van der Waals surface area contributed by atoms with Crippen molar-refractivity contribution in [1.82, 2.24) is 5.43 Å². The van der Waals surface area contributed by atoms with Gasteiger partial charge in [0, 0.05) is 11.3 Å². The maximum atomic E-state index is 12.6. The first-order valence-electron chi connectivity index (χ1n) is 9.42. The quantitative estimate of drug-likeness (QED) is 0.200. The minimum Gasteiger partial charge on any atom is -0.422 e. The molecule has 0 aliphatic rings. The summed E-state index contributed by atoms with van der Waals surface area (Å²) in [5, 5.41) is 5.83. The summed E-state index contributed by atoms with van der Waals surface area (Å²) in [7, 11) is 0. The van der Waals surface area contributed by atoms with Gasteiger partial charge >= 0.3 is 24.0 Å². The molecular weight excluding hydrogens is 439 g/mol. The third kappa shape index (κ3) is 6.50. The Morgan fingerprint density at radius 2 is 1.45 bits per heavy atom. The molecule has 0 aliphatic heterocycles. The van der Waals surface area contributed by atoms with Gasteiger partial charge in [0.2, 0.25) is 0 Å². The number of hydrogen-bond acceptors (Lipinski definition) is 5. The van der Waals surface area contributed by atoms with Crippen LogP contribution in [0.2, 0.25) is 0 Å². The highest BCUT2D eigenvalue weighted by molar-refractivity contribution is 6.39. The highest BCUT2D eigenvalue weighted by Crippen LogP contribution is 2.29. The van der Waals surface area contributed by atoms with E-state index in [2.05, 4.69) is 10.4 Å². The number of amides is 2. The molecule has 0 unspecified atom stereocenters. The summed E-state index contributed by atoms with van der Waals surface area (Å²) in [5.41, 5.74) is 1.81. The summed E-state index contributed by atoms with van der Waals surface area (Å²) >= 11 is 0. The van der Waals surface area contributed by atoms with Crippen LogP contribution in [-0.2, 0) is 15.8 Å². The number of alkyl halides is 3. The minimum atomic E-state index is -4.51. The van der Waals surface area contributed by atoms with Gasteiger partial charge < -0.3 is 10.1 Å². The van der Waals surface area contributed by atoms with Crippen LogP contribution in [-0.4, -0.2) is 24.0 Å². The lowest BCUT2D eigenvalue weighted by molar-refractivity contribution is -0.137. The highest BCUT2D eigenvalue weighted by atomic mass is 19.4. The number of para-hydroxylation sites is 1. The Hall–Kier alpha value is -4.47. The molecule has 0 aromatic heterocycles. The second kappa shape index (κ2) is 10.2. The number of hydrogen-bond donors (Lipinski definition) is 2. The number of carbonyl (C=O) groups excluding carboxylic acids is 3. The van der Waals surface area contributed by atoms with Crippen LogP contribution in [0.1, 0.15) is 21.5 Å². The van der Waals surface area contributed by atoms with Crippen LogP contribution in [0.4, 0.5) is 18.9 Å². The van der Waals surface area contributed by atoms with E-state index >= 15 is 0 Å². The molecule has 33 heavy (non-hydrogen) atoms. The first kappa shape index (κ1) is 23.2. The number of halogens is 3. The van der Waals surface area contributed by atoms with Gasteiger partial charge in [0.15, 0.2) is 0 Å². The third-order valence-corrected chi connectivity index (χ3v) is 4.18. The molecule has 0 saturated heterocycles. The second-order valence-corrected chi connectivity index (χ2v) is 6.52. The SMILES string of the molecule is O=C(NN=Cc1ccccc1OC(=O)c1ccccc1)C(=O)Nc1ccc(C(F)(F)F)cc1. The van der Waals surface area contributed by atoms with E-state index in [0.29, 0.717) is 11.1 Å². The summed E-state index contributed by atoms with van der Waals surface area (Å²) in [5.74, 6) is -2.68. The molecule has 7 nitrogen and oxygen atoms in total. The summed E-state index contributed by atoms with van der Waals surface area (Å²) in [6, 6.07) is 18.3. The molecule has 0 aliphatic carbocycles. The van der Waals surface area contributed by atoms with Crippen molar-refractivity contribution in [2.24, 2.45) is 5.10 Å². The molecule has 3 aromatic rings. The van der Waals surface area contributed by atoms with Gasteiger partial charge in [-0.3, -0.25) is 9.59 Å². The van der Waals surface area contributed by atoms with Crippen molar-refractivity contribution in [3.63, 3.8) is 0 Å². The maximum Gasteiger partial charge on any atom is 0.416 e. The zero-order valence-corrected chi connectivity index (χ0v) is 16.8. The number of anilines is 1. The van der Waals surface area contributed by atoms with Crippen molar-refractivity contribution in [3.05, 3.63) is 95.6 Å². The van der Waals surface area contributed by atoms with Gasteiger partial charge in [0.1, 0.15) is 5.75 Å². The molecule has 10 heteroatoms. The number of nitrogens with zero attached hydrogens (tertiary/aromatic N) is 1. The number of rotatable bonds is 5. The lowest BCUT2D eigenvalue weighted by Gasteiger charge is -2.08. The molecule has 168 valence electrons. The molecule has 0 heterocycles. The van der Waals surface area contributed by atoms with Gasteiger partial charge in [-0.15, -0.1) is 0 Å². The number of carbonyl (C=O) groups is 3. The van der Waals surface area contributed by atoms with Crippen molar-refractivity contribution in [3.8, 4) is 5.75 Å². The van der Waals surface area contributed by atoms with Crippen molar-refractivity contribution in [2.45, 2.75) is 6.18 Å². The Balaban J connectivity index is 1.59. The minimum absolute atomic E-state index is 0.00491. The van der Waals surface area contributed by atoms with Crippen molar-refractivity contribution in [1.29, 1.82) is 0 Å². The Labute approximate surface area is 185 Å². The molecule has 0 radical (unpaired) electrons. The average molecular weight is 455 g/mol. The van der Waals surface area contributed by atoms with Crippen LogP contribution in [0.15, 0.2) is 84.0 Å². The first-order valence-corrected chi connectivity index (χ1v) is 9.42. The fourth-order valence-corrected chi connectivity index (χ4v) is 2.55. The molecule has 0 bridgehead atoms. The van der Waals surface area contributed by atoms with E-state index in [4.69, 9.17) is 4.74 Å². The molecule has 3 rings (SSSR count). The largest absolute Gasteiger partial charge is 0.422 e. The van der Waals surface area contributed by atoms with Gasteiger partial charge in [0.05, 0.1) is 17.3 Å². The van der Waals surface area contributed by atoms with Crippen molar-refractivity contribution < 1.29 is 32.3 Å². The van der Waals surface area contributed by atoms with E-state index in [1.54, 1.807) is 48.5 Å². The lowest BCUT2D eigenvalue weighted by Crippen LogP contribution is -2.32. The van der Waals surface area contributed by atoms with Gasteiger partial charge in [-0.2, -0.15) is 18.3 Å². The molecular formula is C23H16F3N3O4. The molecule has 0 fully saturated rings. The molecule has 0 saturated carbocycles. The van der Waals surface area contributed by atoms with E-state index in [1.165, 1.54) is 12.3 Å². The molecule has 0 spiro atoms. The fourth-order valence-electron chi connectivity index (χ4n) is 2.55. The van der Waals surface area contributed by atoms with E-state index < -0.39 is 29.5 Å². The number of benzene rings is 3. The first-order chi connectivity index (χ1) is 15.7. The predicted molar refractivity (Wildman–Crippen MR) is 114 cm³/mol. The van der Waals surface area contributed by atoms with Crippen LogP contribution in [0, 0.1) is 0 Å². The maximum absolute atomic E-state index is 12.6. The van der Waals surface area contributed by atoms with Crippen LogP contribution < -0.4 is 15.5 Å². The normalized spacial score (nSPS) is 11.1. The molecule has 3 aromatic carbocycles. The summed E-state index contributed by atoms with van der Waals surface area (Å²) in [4.78, 5) is 36.1. The van der Waals surface area contributed by atoms with Crippen LogP contribution >= 0.6 is 0 Å². The number of esters is 1. The topological polar surface area (TPSA) is 96.9 Å². The third-order valence-electron chi connectivity index (χ3n) is 4.18. The Bertz CT molecular complexity index is 1180. The van der Waals surface area contributed by atoms with E-state index in [1.807, 2.05) is 5.43 Å². The van der Waals surface area contributed by atoms with Gasteiger partial charge in [-0.1, -0.05) is 30.3 Å². The smallest absolute Gasteiger partial charge is 0.416 e. The van der Waals surface area contributed by atoms with Crippen LogP contribution in [0.5, 0.6) is 5.75 Å². The monoisotopic (exact) mass is 455 g/mol. The zero-order valence-electron chi connectivity index (χ0n) is 16.8. The van der Waals surface area contributed by atoms with E-state index in [9.17, 15) is 27.6 Å². The number of ether oxygens (including phenoxy) is 1. The molecule has 2 amide bonds. The van der Waals surface area contributed by atoms with Crippen LogP contribution in [0.3, 0.4) is 0 Å². The van der Waals surface area contributed by atoms with Gasteiger partial charge in [0.25, 0.3) is 0 Å². The molecule has 0 atom stereocenters. The van der Waals surface area contributed by atoms with Gasteiger partial charge in [-0.05, 0) is 48.5 Å². The molecule has 2 N–H and O–H groups in total. The Morgan fingerprint density at radius 3 is 2.12 bits per heavy atom. The number of nitrogens with one attached hydrogen (secondary N) is 2. The zero-order chi connectivity index (χ0) is 23.8. The van der Waals surface area contributed by atoms with Crippen molar-refractivity contribution in [2.75, 3.05) is 5.32 Å². The Kier molecular flexibility index (Phi) is 7.19. The van der Waals surface area contributed by atoms with E-state index in [-0.39, 0.29) is 11.4 Å². The summed E-state index contributed by atoms with van der Waals surface area (Å²) in [6.45, 7) is 0. The number of hydrazone groups is 1. The summed E-state index contributed by atoms with van der Waals surface area (Å²) in [6.07, 6.45) is -3.34. The summed E-state index contributed by atoms with van der Waals surface area (Å²) < 4.78 is 43.1. The standard InChI is InChI=1S/C23H16F3N3O4/c24-23(25,26)17-10-12-18(13-11-17)28-20(30)21(31)29-27-14-16-8-4-5-9-19(16)33-22(32)15-6-2-1-3-7-15/h1-14H,(H,28,30)(H,29,31). The van der Waals surface area contributed by atoms with E-state index in [0.717, 1.165) is 24.3 Å². The van der Waals surface area contributed by atoms with Crippen molar-refractivity contribution >= 4 is 29.7 Å². The predicted octanol–water partition coefficient (Wildman–Crippen LogP) is 4.01. The second-order valence-electron chi connectivity index (χ2n) is 6.52.